The van der Waals surface area contributed by atoms with Crippen LogP contribution in [0.5, 0.6) is 0 Å². The molecule has 7 heteroatoms. The second-order valence-corrected chi connectivity index (χ2v) is 10.2. The van der Waals surface area contributed by atoms with Gasteiger partial charge in [-0.05, 0) is 75.4 Å². The first-order valence-electron chi connectivity index (χ1n) is 9.74. The Labute approximate surface area is 178 Å². The molecule has 156 valence electrons. The molecule has 2 aromatic rings. The molecule has 0 aromatic heterocycles. The third-order valence-electron chi connectivity index (χ3n) is 5.40. The Morgan fingerprint density at radius 3 is 2.34 bits per heavy atom. The molecule has 0 saturated carbocycles. The van der Waals surface area contributed by atoms with Crippen LogP contribution in [0.15, 0.2) is 35.2 Å². The number of anilines is 1. The molecule has 1 aliphatic rings. The van der Waals surface area contributed by atoms with Crippen LogP contribution in [-0.2, 0) is 14.8 Å². The summed E-state index contributed by atoms with van der Waals surface area (Å²) < 4.78 is 28.1. The van der Waals surface area contributed by atoms with Crippen LogP contribution in [0.3, 0.4) is 0 Å². The number of carbonyl (C=O) groups is 1. The van der Waals surface area contributed by atoms with Crippen molar-refractivity contribution < 1.29 is 13.2 Å². The number of sulfonamides is 1. The van der Waals surface area contributed by atoms with E-state index in [4.69, 9.17) is 11.6 Å². The van der Waals surface area contributed by atoms with E-state index in [0.29, 0.717) is 35.0 Å². The largest absolute Gasteiger partial charge is 0.326 e. The SMILES string of the molecule is Cc1cc(C)c(S(=O)(=O)N2CCC[C@H](C(=O)Nc3ccc(Cl)cc3C)C2)c(C)c1. The predicted molar refractivity (Wildman–Crippen MR) is 117 cm³/mol. The lowest BCUT2D eigenvalue weighted by molar-refractivity contribution is -0.120. The number of nitrogens with zero attached hydrogens (tertiary/aromatic N) is 1. The zero-order valence-electron chi connectivity index (χ0n) is 17.3. The van der Waals surface area contributed by atoms with Crippen molar-refractivity contribution in [1.82, 2.24) is 4.31 Å². The molecule has 0 aliphatic carbocycles. The number of aryl methyl sites for hydroxylation is 4. The number of benzene rings is 2. The average molecular weight is 435 g/mol. The molecule has 1 N–H and O–H groups in total. The molecule has 1 saturated heterocycles. The molecule has 0 spiro atoms. The Hall–Kier alpha value is -1.89. The second-order valence-electron chi connectivity index (χ2n) is 7.88. The van der Waals surface area contributed by atoms with Crippen molar-refractivity contribution in [2.75, 3.05) is 18.4 Å². The van der Waals surface area contributed by atoms with Gasteiger partial charge in [0.25, 0.3) is 0 Å². The molecule has 0 unspecified atom stereocenters. The quantitative estimate of drug-likeness (QED) is 0.763. The van der Waals surface area contributed by atoms with Crippen molar-refractivity contribution in [3.63, 3.8) is 0 Å². The number of hydrogen-bond donors (Lipinski definition) is 1. The molecule has 0 radical (unpaired) electrons. The zero-order valence-corrected chi connectivity index (χ0v) is 18.8. The van der Waals surface area contributed by atoms with E-state index >= 15 is 0 Å². The van der Waals surface area contributed by atoms with Crippen molar-refractivity contribution in [2.24, 2.45) is 5.92 Å². The van der Waals surface area contributed by atoms with E-state index in [1.807, 2.05) is 39.8 Å². The van der Waals surface area contributed by atoms with Crippen molar-refractivity contribution in [3.05, 3.63) is 57.6 Å². The highest BCUT2D eigenvalue weighted by molar-refractivity contribution is 7.89. The lowest BCUT2D eigenvalue weighted by atomic mass is 9.98. The van der Waals surface area contributed by atoms with Gasteiger partial charge in [-0.25, -0.2) is 8.42 Å². The summed E-state index contributed by atoms with van der Waals surface area (Å²) in [5.74, 6) is -0.549. The van der Waals surface area contributed by atoms with Gasteiger partial charge in [0.2, 0.25) is 15.9 Å². The number of amides is 1. The van der Waals surface area contributed by atoms with E-state index in [1.165, 1.54) is 4.31 Å². The average Bonchev–Trinajstić information content (AvgIpc) is 2.63. The third kappa shape index (κ3) is 4.65. The van der Waals surface area contributed by atoms with Gasteiger partial charge in [0.05, 0.1) is 10.8 Å². The van der Waals surface area contributed by atoms with E-state index < -0.39 is 10.0 Å². The topological polar surface area (TPSA) is 66.5 Å². The Morgan fingerprint density at radius 1 is 1.07 bits per heavy atom. The number of piperidine rings is 1. The lowest BCUT2D eigenvalue weighted by Gasteiger charge is -2.32. The van der Waals surface area contributed by atoms with E-state index in [-0.39, 0.29) is 18.4 Å². The van der Waals surface area contributed by atoms with Gasteiger partial charge in [0.15, 0.2) is 0 Å². The Kier molecular flexibility index (Phi) is 6.36. The number of nitrogens with one attached hydrogen (secondary N) is 1. The number of rotatable bonds is 4. The van der Waals surface area contributed by atoms with Crippen LogP contribution < -0.4 is 5.32 Å². The lowest BCUT2D eigenvalue weighted by Crippen LogP contribution is -2.44. The fourth-order valence-corrected chi connectivity index (χ4v) is 6.24. The van der Waals surface area contributed by atoms with Gasteiger partial charge in [-0.15, -0.1) is 0 Å². The van der Waals surface area contributed by atoms with Crippen LogP contribution >= 0.6 is 11.6 Å². The smallest absolute Gasteiger partial charge is 0.243 e. The summed E-state index contributed by atoms with van der Waals surface area (Å²) in [7, 11) is -3.66. The number of halogens is 1. The zero-order chi connectivity index (χ0) is 21.3. The first-order valence-corrected chi connectivity index (χ1v) is 11.6. The maximum Gasteiger partial charge on any atom is 0.243 e. The first-order chi connectivity index (χ1) is 13.6. The van der Waals surface area contributed by atoms with Gasteiger partial charge in [-0.2, -0.15) is 4.31 Å². The molecule has 3 rings (SSSR count). The molecule has 5 nitrogen and oxygen atoms in total. The van der Waals surface area contributed by atoms with Gasteiger partial charge in [0, 0.05) is 23.8 Å². The predicted octanol–water partition coefficient (Wildman–Crippen LogP) is 4.61. The van der Waals surface area contributed by atoms with Crippen LogP contribution in [0.1, 0.15) is 35.1 Å². The molecule has 1 atom stereocenters. The molecule has 1 aliphatic heterocycles. The minimum atomic E-state index is -3.66. The highest BCUT2D eigenvalue weighted by atomic mass is 35.5. The summed E-state index contributed by atoms with van der Waals surface area (Å²) in [6.45, 7) is 8.10. The molecule has 1 heterocycles. The van der Waals surface area contributed by atoms with Gasteiger partial charge < -0.3 is 5.32 Å². The highest BCUT2D eigenvalue weighted by Crippen LogP contribution is 2.29. The van der Waals surface area contributed by atoms with Crippen LogP contribution in [-0.4, -0.2) is 31.7 Å². The molecule has 2 aromatic carbocycles. The normalized spacial score (nSPS) is 17.9. The molecular formula is C22H27ClN2O3S. The summed E-state index contributed by atoms with van der Waals surface area (Å²) in [6, 6.07) is 9.06. The van der Waals surface area contributed by atoms with E-state index in [0.717, 1.165) is 22.3 Å². The van der Waals surface area contributed by atoms with Crippen molar-refractivity contribution >= 4 is 33.2 Å². The standard InChI is InChI=1S/C22H27ClN2O3S/c1-14-10-16(3)21(17(4)11-14)29(27,28)25-9-5-6-18(13-25)22(26)24-20-8-7-19(23)12-15(20)2/h7-8,10-12,18H,5-6,9,13H2,1-4H3,(H,24,26)/t18-/m0/s1. The Bertz CT molecular complexity index is 1030. The summed E-state index contributed by atoms with van der Waals surface area (Å²) in [5.41, 5.74) is 4.09. The second kappa shape index (κ2) is 8.46. The van der Waals surface area contributed by atoms with Crippen LogP contribution in [0.25, 0.3) is 0 Å². The molecule has 29 heavy (non-hydrogen) atoms. The van der Waals surface area contributed by atoms with Crippen molar-refractivity contribution in [2.45, 2.75) is 45.4 Å². The van der Waals surface area contributed by atoms with Gasteiger partial charge >= 0.3 is 0 Å². The Balaban J connectivity index is 1.80. The fourth-order valence-electron chi connectivity index (χ4n) is 4.08. The molecule has 1 amide bonds. The van der Waals surface area contributed by atoms with Crippen molar-refractivity contribution in [1.29, 1.82) is 0 Å². The van der Waals surface area contributed by atoms with Crippen LogP contribution in [0.4, 0.5) is 5.69 Å². The summed E-state index contributed by atoms with van der Waals surface area (Å²) >= 11 is 5.98. The highest BCUT2D eigenvalue weighted by Gasteiger charge is 2.35. The molecule has 0 bridgehead atoms. The first kappa shape index (κ1) is 21.8. The van der Waals surface area contributed by atoms with Gasteiger partial charge in [-0.3, -0.25) is 4.79 Å². The maximum atomic E-state index is 13.3. The minimum Gasteiger partial charge on any atom is -0.326 e. The monoisotopic (exact) mass is 434 g/mol. The minimum absolute atomic E-state index is 0.160. The van der Waals surface area contributed by atoms with E-state index in [9.17, 15) is 13.2 Å². The van der Waals surface area contributed by atoms with E-state index in [1.54, 1.807) is 18.2 Å². The molecular weight excluding hydrogens is 408 g/mol. The van der Waals surface area contributed by atoms with Gasteiger partial charge in [-0.1, -0.05) is 29.3 Å². The number of carbonyl (C=O) groups excluding carboxylic acids is 1. The van der Waals surface area contributed by atoms with Gasteiger partial charge in [0.1, 0.15) is 0 Å². The van der Waals surface area contributed by atoms with E-state index in [2.05, 4.69) is 5.32 Å². The fraction of sp³-hybridized carbons (Fsp3) is 0.409. The number of hydrogen-bond acceptors (Lipinski definition) is 3. The maximum absolute atomic E-state index is 13.3. The summed E-state index contributed by atoms with van der Waals surface area (Å²) in [6.07, 6.45) is 1.32. The summed E-state index contributed by atoms with van der Waals surface area (Å²) in [4.78, 5) is 13.2. The third-order valence-corrected chi connectivity index (χ3v) is 7.81. The summed E-state index contributed by atoms with van der Waals surface area (Å²) in [5, 5.41) is 3.54. The van der Waals surface area contributed by atoms with Crippen LogP contribution in [0, 0.1) is 33.6 Å². The Morgan fingerprint density at radius 2 is 1.72 bits per heavy atom. The molecule has 1 fully saturated rings. The van der Waals surface area contributed by atoms with Crippen molar-refractivity contribution in [3.8, 4) is 0 Å². The van der Waals surface area contributed by atoms with Crippen LogP contribution in [0.2, 0.25) is 5.02 Å².